The molecule has 1 aliphatic heterocycles. The Morgan fingerprint density at radius 1 is 1.07 bits per heavy atom. The smallest absolute Gasteiger partial charge is 0.294 e. The summed E-state index contributed by atoms with van der Waals surface area (Å²) in [6.07, 6.45) is 5.69. The predicted molar refractivity (Wildman–Crippen MR) is 102 cm³/mol. The molecule has 1 aliphatic carbocycles. The van der Waals surface area contributed by atoms with Gasteiger partial charge in [0, 0.05) is 24.5 Å². The van der Waals surface area contributed by atoms with Crippen molar-refractivity contribution in [3.8, 4) is 0 Å². The van der Waals surface area contributed by atoms with Crippen molar-refractivity contribution < 1.29 is 9.59 Å². The third kappa shape index (κ3) is 2.77. The third-order valence-electron chi connectivity index (χ3n) is 5.22. The first-order chi connectivity index (χ1) is 13.2. The number of benzene rings is 1. The largest absolute Gasteiger partial charge is 0.348 e. The average Bonchev–Trinajstić information content (AvgIpc) is 3.43. The van der Waals surface area contributed by atoms with Gasteiger partial charge in [0.2, 0.25) is 5.82 Å². The van der Waals surface area contributed by atoms with E-state index in [0.717, 1.165) is 31.4 Å². The van der Waals surface area contributed by atoms with Crippen molar-refractivity contribution in [2.45, 2.75) is 31.7 Å². The summed E-state index contributed by atoms with van der Waals surface area (Å²) in [5.74, 6) is -0.101. The van der Waals surface area contributed by atoms with Crippen LogP contribution in [-0.4, -0.2) is 33.8 Å². The number of anilines is 1. The van der Waals surface area contributed by atoms with Crippen LogP contribution in [0, 0.1) is 0 Å². The highest BCUT2D eigenvalue weighted by Crippen LogP contribution is 2.28. The standard InChI is InChI=1S/C21H20N4O2/c26-20(22-15-10-11-15)18-17-9-3-4-12-24(17)19(23-18)21(27)25-13-5-7-14-6-1-2-8-16(14)25/h1-4,6,8-9,12,15H,5,7,10-11,13H2,(H,22,26). The number of carbonyl (C=O) groups is 2. The normalized spacial score (nSPS) is 16.2. The van der Waals surface area contributed by atoms with Crippen molar-refractivity contribution in [1.29, 1.82) is 0 Å². The van der Waals surface area contributed by atoms with E-state index >= 15 is 0 Å². The quantitative estimate of drug-likeness (QED) is 0.781. The Hall–Kier alpha value is -3.15. The SMILES string of the molecule is O=C(NC1CC1)c1nc(C(=O)N2CCCc3ccccc32)n2ccccc12. The number of hydrogen-bond acceptors (Lipinski definition) is 3. The third-order valence-corrected chi connectivity index (χ3v) is 5.22. The lowest BCUT2D eigenvalue weighted by Crippen LogP contribution is -2.36. The maximum atomic E-state index is 13.4. The Bertz CT molecular complexity index is 1050. The fourth-order valence-electron chi connectivity index (χ4n) is 3.70. The summed E-state index contributed by atoms with van der Waals surface area (Å²) in [5, 5.41) is 2.97. The molecule has 2 aliphatic rings. The summed E-state index contributed by atoms with van der Waals surface area (Å²) in [6.45, 7) is 0.654. The number of fused-ring (bicyclic) bond motifs is 2. The van der Waals surface area contributed by atoms with Crippen molar-refractivity contribution >= 4 is 23.0 Å². The lowest BCUT2D eigenvalue weighted by Gasteiger charge is -2.28. The van der Waals surface area contributed by atoms with Crippen LogP contribution < -0.4 is 10.2 Å². The Kier molecular flexibility index (Phi) is 3.70. The minimum atomic E-state index is -0.209. The van der Waals surface area contributed by atoms with Gasteiger partial charge in [-0.05, 0) is 49.4 Å². The number of aryl methyl sites for hydroxylation is 1. The van der Waals surface area contributed by atoms with Crippen LogP contribution in [0.25, 0.3) is 5.52 Å². The van der Waals surface area contributed by atoms with Gasteiger partial charge in [0.05, 0.1) is 5.52 Å². The van der Waals surface area contributed by atoms with E-state index in [0.29, 0.717) is 17.8 Å². The van der Waals surface area contributed by atoms with Crippen LogP contribution >= 0.6 is 0 Å². The van der Waals surface area contributed by atoms with E-state index in [1.54, 1.807) is 15.5 Å². The molecule has 0 saturated heterocycles. The lowest BCUT2D eigenvalue weighted by molar-refractivity contribution is 0.0948. The zero-order valence-corrected chi connectivity index (χ0v) is 14.9. The van der Waals surface area contributed by atoms with Gasteiger partial charge in [-0.25, -0.2) is 4.98 Å². The average molecular weight is 360 g/mol. The molecule has 1 aromatic carbocycles. The molecular formula is C21H20N4O2. The van der Waals surface area contributed by atoms with Crippen LogP contribution in [0.15, 0.2) is 48.7 Å². The van der Waals surface area contributed by atoms with Crippen molar-refractivity contribution in [3.05, 3.63) is 65.7 Å². The second kappa shape index (κ2) is 6.23. The van der Waals surface area contributed by atoms with Crippen LogP contribution in [0.5, 0.6) is 0 Å². The monoisotopic (exact) mass is 360 g/mol. The van der Waals surface area contributed by atoms with Crippen LogP contribution in [0.3, 0.4) is 0 Å². The number of imidazole rings is 1. The van der Waals surface area contributed by atoms with Gasteiger partial charge in [-0.1, -0.05) is 24.3 Å². The molecule has 1 saturated carbocycles. The number of aromatic nitrogens is 2. The molecule has 3 heterocycles. The first kappa shape index (κ1) is 16.1. The zero-order chi connectivity index (χ0) is 18.4. The topological polar surface area (TPSA) is 66.7 Å². The lowest BCUT2D eigenvalue weighted by atomic mass is 10.0. The minimum absolute atomic E-state index is 0.172. The number of rotatable bonds is 3. The maximum absolute atomic E-state index is 13.4. The Morgan fingerprint density at radius 2 is 1.89 bits per heavy atom. The number of nitrogens with one attached hydrogen (secondary N) is 1. The van der Waals surface area contributed by atoms with E-state index in [-0.39, 0.29) is 23.7 Å². The molecule has 3 aromatic rings. The molecule has 0 unspecified atom stereocenters. The van der Waals surface area contributed by atoms with Crippen LogP contribution in [0.1, 0.15) is 45.9 Å². The van der Waals surface area contributed by atoms with Gasteiger partial charge in [0.25, 0.3) is 11.8 Å². The summed E-state index contributed by atoms with van der Waals surface area (Å²) < 4.78 is 1.72. The number of hydrogen-bond donors (Lipinski definition) is 1. The van der Waals surface area contributed by atoms with Crippen molar-refractivity contribution in [3.63, 3.8) is 0 Å². The molecule has 2 amide bonds. The highest BCUT2D eigenvalue weighted by Gasteiger charge is 2.30. The zero-order valence-electron chi connectivity index (χ0n) is 14.9. The molecule has 6 nitrogen and oxygen atoms in total. The molecule has 0 spiro atoms. The molecule has 27 heavy (non-hydrogen) atoms. The second-order valence-electron chi connectivity index (χ2n) is 7.18. The summed E-state index contributed by atoms with van der Waals surface area (Å²) >= 11 is 0. The van der Waals surface area contributed by atoms with E-state index in [2.05, 4.69) is 16.4 Å². The van der Waals surface area contributed by atoms with Crippen molar-refractivity contribution in [1.82, 2.24) is 14.7 Å². The number of carbonyl (C=O) groups excluding carboxylic acids is 2. The molecule has 5 rings (SSSR count). The summed E-state index contributed by atoms with van der Waals surface area (Å²) in [7, 11) is 0. The van der Waals surface area contributed by atoms with Gasteiger partial charge in [0.15, 0.2) is 5.69 Å². The van der Waals surface area contributed by atoms with Gasteiger partial charge in [0.1, 0.15) is 0 Å². The van der Waals surface area contributed by atoms with Gasteiger partial charge < -0.3 is 10.2 Å². The molecule has 0 bridgehead atoms. The van der Waals surface area contributed by atoms with Gasteiger partial charge >= 0.3 is 0 Å². The minimum Gasteiger partial charge on any atom is -0.348 e. The summed E-state index contributed by atoms with van der Waals surface area (Å²) in [5.41, 5.74) is 3.08. The molecule has 1 N–H and O–H groups in total. The molecule has 136 valence electrons. The van der Waals surface area contributed by atoms with Gasteiger partial charge in [-0.2, -0.15) is 0 Å². The number of pyridine rings is 1. The summed E-state index contributed by atoms with van der Waals surface area (Å²) in [4.78, 5) is 32.2. The highest BCUT2D eigenvalue weighted by atomic mass is 16.2. The number of amides is 2. The maximum Gasteiger partial charge on any atom is 0.294 e. The fourth-order valence-corrected chi connectivity index (χ4v) is 3.70. The Balaban J connectivity index is 1.57. The predicted octanol–water partition coefficient (Wildman–Crippen LogP) is 2.82. The van der Waals surface area contributed by atoms with E-state index in [1.165, 1.54) is 5.56 Å². The molecule has 0 atom stereocenters. The van der Waals surface area contributed by atoms with Gasteiger partial charge in [-0.3, -0.25) is 14.0 Å². The first-order valence-electron chi connectivity index (χ1n) is 9.40. The molecule has 0 radical (unpaired) electrons. The van der Waals surface area contributed by atoms with Gasteiger partial charge in [-0.15, -0.1) is 0 Å². The van der Waals surface area contributed by atoms with E-state index < -0.39 is 0 Å². The van der Waals surface area contributed by atoms with E-state index in [9.17, 15) is 9.59 Å². The number of para-hydroxylation sites is 1. The number of nitrogens with zero attached hydrogens (tertiary/aromatic N) is 3. The van der Waals surface area contributed by atoms with Crippen molar-refractivity contribution in [2.24, 2.45) is 0 Å². The fraction of sp³-hybridized carbons (Fsp3) is 0.286. The van der Waals surface area contributed by atoms with Crippen LogP contribution in [-0.2, 0) is 6.42 Å². The van der Waals surface area contributed by atoms with E-state index in [1.807, 2.05) is 36.4 Å². The molecule has 1 fully saturated rings. The van der Waals surface area contributed by atoms with Crippen molar-refractivity contribution in [2.75, 3.05) is 11.4 Å². The molecule has 2 aromatic heterocycles. The first-order valence-corrected chi connectivity index (χ1v) is 9.40. The second-order valence-corrected chi connectivity index (χ2v) is 7.18. The molecule has 6 heteroatoms. The Morgan fingerprint density at radius 3 is 2.74 bits per heavy atom. The highest BCUT2D eigenvalue weighted by molar-refractivity contribution is 6.07. The van der Waals surface area contributed by atoms with Crippen LogP contribution in [0.2, 0.25) is 0 Å². The summed E-state index contributed by atoms with van der Waals surface area (Å²) in [6, 6.07) is 13.8. The molecular weight excluding hydrogens is 340 g/mol. The Labute approximate surface area is 156 Å². The van der Waals surface area contributed by atoms with E-state index in [4.69, 9.17) is 0 Å². The van der Waals surface area contributed by atoms with Crippen LogP contribution in [0.4, 0.5) is 5.69 Å².